The average Bonchev–Trinajstić information content (AvgIpc) is 2.97. The Hall–Kier alpha value is -4.50. The maximum Gasteiger partial charge on any atom is 0.264 e. The van der Waals surface area contributed by atoms with Crippen LogP contribution in [0.15, 0.2) is 102 Å². The van der Waals surface area contributed by atoms with Gasteiger partial charge in [0.15, 0.2) is 0 Å². The standard InChI is InChI=1S/C37H42FN3O4S/c1-26-12-18-33(19-13-26)46(44,45)41(32-21-27(2)20-28(3)22-32)25-35(42)40(24-30-14-16-31(38)17-15-30)34(36(43)39-37(4,5)6)23-29-10-8-7-9-11-29/h7-22,34H,23-25H2,1-6H3,(H,39,43)/t34-/m0/s1. The highest BCUT2D eigenvalue weighted by atomic mass is 32.2. The topological polar surface area (TPSA) is 86.8 Å². The molecule has 0 radical (unpaired) electrons. The number of hydrogen-bond donors (Lipinski definition) is 1. The van der Waals surface area contributed by atoms with Crippen LogP contribution in [0.2, 0.25) is 0 Å². The fourth-order valence-corrected chi connectivity index (χ4v) is 6.65. The number of carbonyl (C=O) groups is 2. The number of nitrogens with one attached hydrogen (secondary N) is 1. The minimum absolute atomic E-state index is 0.0422. The highest BCUT2D eigenvalue weighted by Crippen LogP contribution is 2.27. The molecule has 0 saturated heterocycles. The van der Waals surface area contributed by atoms with Gasteiger partial charge in [0.25, 0.3) is 10.0 Å². The number of hydrogen-bond acceptors (Lipinski definition) is 4. The first-order valence-corrected chi connectivity index (χ1v) is 16.6. The molecule has 4 aromatic carbocycles. The van der Waals surface area contributed by atoms with Gasteiger partial charge in [0.05, 0.1) is 10.6 Å². The van der Waals surface area contributed by atoms with E-state index in [4.69, 9.17) is 0 Å². The zero-order valence-corrected chi connectivity index (χ0v) is 28.1. The molecule has 242 valence electrons. The van der Waals surface area contributed by atoms with Crippen LogP contribution in [0, 0.1) is 26.6 Å². The van der Waals surface area contributed by atoms with Crippen molar-refractivity contribution in [1.29, 1.82) is 0 Å². The molecule has 0 fully saturated rings. The number of benzene rings is 4. The molecule has 0 bridgehead atoms. The number of sulfonamides is 1. The smallest absolute Gasteiger partial charge is 0.264 e. The lowest BCUT2D eigenvalue weighted by Gasteiger charge is -2.35. The Morgan fingerprint density at radius 3 is 1.93 bits per heavy atom. The van der Waals surface area contributed by atoms with Gasteiger partial charge in [0.2, 0.25) is 11.8 Å². The Labute approximate surface area is 272 Å². The highest BCUT2D eigenvalue weighted by Gasteiger charge is 2.35. The molecule has 0 heterocycles. The van der Waals surface area contributed by atoms with Gasteiger partial charge in [-0.05, 0) is 100 Å². The molecule has 4 aromatic rings. The maximum absolute atomic E-state index is 14.6. The van der Waals surface area contributed by atoms with E-state index in [0.717, 1.165) is 26.6 Å². The monoisotopic (exact) mass is 643 g/mol. The molecule has 0 saturated carbocycles. The van der Waals surface area contributed by atoms with Crippen LogP contribution in [0.5, 0.6) is 0 Å². The number of halogens is 1. The van der Waals surface area contributed by atoms with Gasteiger partial charge in [-0.1, -0.05) is 66.2 Å². The van der Waals surface area contributed by atoms with Crippen LogP contribution in [0.25, 0.3) is 0 Å². The second kappa shape index (κ2) is 14.3. The van der Waals surface area contributed by atoms with Crippen molar-refractivity contribution in [2.45, 2.75) is 71.0 Å². The first-order chi connectivity index (χ1) is 21.6. The van der Waals surface area contributed by atoms with E-state index >= 15 is 0 Å². The zero-order chi connectivity index (χ0) is 33.6. The second-order valence-electron chi connectivity index (χ2n) is 12.8. The van der Waals surface area contributed by atoms with Crippen molar-refractivity contribution >= 4 is 27.5 Å². The van der Waals surface area contributed by atoms with Crippen LogP contribution in [0.3, 0.4) is 0 Å². The molecule has 1 atom stereocenters. The summed E-state index contributed by atoms with van der Waals surface area (Å²) in [6.07, 6.45) is 0.184. The molecule has 0 aromatic heterocycles. The Morgan fingerprint density at radius 2 is 1.37 bits per heavy atom. The van der Waals surface area contributed by atoms with Gasteiger partial charge >= 0.3 is 0 Å². The van der Waals surface area contributed by atoms with Crippen LogP contribution >= 0.6 is 0 Å². The van der Waals surface area contributed by atoms with Gasteiger partial charge in [-0.3, -0.25) is 13.9 Å². The molecule has 0 aliphatic rings. The van der Waals surface area contributed by atoms with Gasteiger partial charge in [-0.15, -0.1) is 0 Å². The number of carbonyl (C=O) groups excluding carboxylic acids is 2. The Kier molecular flexibility index (Phi) is 10.7. The summed E-state index contributed by atoms with van der Waals surface area (Å²) >= 11 is 0. The lowest BCUT2D eigenvalue weighted by Crippen LogP contribution is -2.56. The first-order valence-electron chi connectivity index (χ1n) is 15.2. The molecule has 0 aliphatic carbocycles. The van der Waals surface area contributed by atoms with Crippen LogP contribution in [0.1, 0.15) is 48.6 Å². The summed E-state index contributed by atoms with van der Waals surface area (Å²) < 4.78 is 43.5. The predicted octanol–water partition coefficient (Wildman–Crippen LogP) is 6.50. The molecule has 9 heteroatoms. The molecular weight excluding hydrogens is 601 g/mol. The molecular formula is C37H42FN3O4S. The van der Waals surface area contributed by atoms with Crippen LogP contribution in [-0.4, -0.2) is 43.3 Å². The highest BCUT2D eigenvalue weighted by molar-refractivity contribution is 7.92. The van der Waals surface area contributed by atoms with Crippen molar-refractivity contribution in [2.24, 2.45) is 0 Å². The van der Waals surface area contributed by atoms with Crippen LogP contribution < -0.4 is 9.62 Å². The van der Waals surface area contributed by atoms with E-state index in [-0.39, 0.29) is 23.8 Å². The zero-order valence-electron chi connectivity index (χ0n) is 27.2. The SMILES string of the molecule is Cc1ccc(S(=O)(=O)N(CC(=O)N(Cc2ccc(F)cc2)[C@@H](Cc2ccccc2)C(=O)NC(C)(C)C)c2cc(C)cc(C)c2)cc1. The van der Waals surface area contributed by atoms with E-state index in [1.807, 2.05) is 77.9 Å². The Morgan fingerprint density at radius 1 is 0.783 bits per heavy atom. The minimum Gasteiger partial charge on any atom is -0.350 e. The lowest BCUT2D eigenvalue weighted by atomic mass is 10.0. The van der Waals surface area contributed by atoms with E-state index in [2.05, 4.69) is 5.32 Å². The fraction of sp³-hybridized carbons (Fsp3) is 0.297. The number of anilines is 1. The van der Waals surface area contributed by atoms with Crippen molar-refractivity contribution in [2.75, 3.05) is 10.8 Å². The van der Waals surface area contributed by atoms with Crippen molar-refractivity contribution < 1.29 is 22.4 Å². The molecule has 4 rings (SSSR count). The van der Waals surface area contributed by atoms with Gasteiger partial charge in [-0.25, -0.2) is 12.8 Å². The number of aryl methyl sites for hydroxylation is 3. The van der Waals surface area contributed by atoms with Crippen molar-refractivity contribution in [1.82, 2.24) is 10.2 Å². The van der Waals surface area contributed by atoms with Gasteiger partial charge in [0.1, 0.15) is 18.4 Å². The summed E-state index contributed by atoms with van der Waals surface area (Å²) in [4.78, 5) is 30.0. The molecule has 0 aliphatic heterocycles. The minimum atomic E-state index is -4.21. The lowest BCUT2D eigenvalue weighted by molar-refractivity contribution is -0.140. The normalized spacial score (nSPS) is 12.3. The first kappa shape index (κ1) is 34.4. The number of rotatable bonds is 11. The third kappa shape index (κ3) is 9.03. The van der Waals surface area contributed by atoms with E-state index in [1.54, 1.807) is 36.4 Å². The Bertz CT molecular complexity index is 1750. The summed E-state index contributed by atoms with van der Waals surface area (Å²) in [5.41, 5.74) is 3.72. The van der Waals surface area contributed by atoms with E-state index in [9.17, 15) is 22.4 Å². The third-order valence-electron chi connectivity index (χ3n) is 7.42. The Balaban J connectivity index is 1.84. The van der Waals surface area contributed by atoms with E-state index in [0.29, 0.717) is 11.3 Å². The quantitative estimate of drug-likeness (QED) is 0.202. The molecule has 7 nitrogen and oxygen atoms in total. The number of nitrogens with zero attached hydrogens (tertiary/aromatic N) is 2. The molecule has 2 amide bonds. The van der Waals surface area contributed by atoms with Crippen molar-refractivity contribution in [3.05, 3.63) is 131 Å². The van der Waals surface area contributed by atoms with Crippen molar-refractivity contribution in [3.63, 3.8) is 0 Å². The molecule has 0 spiro atoms. The fourth-order valence-electron chi connectivity index (χ4n) is 5.25. The molecule has 1 N–H and O–H groups in total. The average molecular weight is 644 g/mol. The summed E-state index contributed by atoms with van der Waals surface area (Å²) in [5.74, 6) is -1.39. The van der Waals surface area contributed by atoms with Crippen LogP contribution in [-0.2, 0) is 32.6 Å². The van der Waals surface area contributed by atoms with Crippen molar-refractivity contribution in [3.8, 4) is 0 Å². The molecule has 46 heavy (non-hydrogen) atoms. The third-order valence-corrected chi connectivity index (χ3v) is 9.21. The predicted molar refractivity (Wildman–Crippen MR) is 180 cm³/mol. The second-order valence-corrected chi connectivity index (χ2v) is 14.6. The summed E-state index contributed by atoms with van der Waals surface area (Å²) in [6.45, 7) is 10.6. The van der Waals surface area contributed by atoms with Gasteiger partial charge < -0.3 is 10.2 Å². The largest absolute Gasteiger partial charge is 0.350 e. The maximum atomic E-state index is 14.6. The van der Waals surface area contributed by atoms with Gasteiger partial charge in [0, 0.05) is 18.5 Å². The summed E-state index contributed by atoms with van der Waals surface area (Å²) in [6, 6.07) is 25.9. The summed E-state index contributed by atoms with van der Waals surface area (Å²) in [7, 11) is -4.21. The van der Waals surface area contributed by atoms with Gasteiger partial charge in [-0.2, -0.15) is 0 Å². The molecule has 0 unspecified atom stereocenters. The van der Waals surface area contributed by atoms with E-state index in [1.165, 1.54) is 29.2 Å². The number of amides is 2. The summed E-state index contributed by atoms with van der Waals surface area (Å²) in [5, 5.41) is 3.01. The van der Waals surface area contributed by atoms with E-state index < -0.39 is 39.9 Å². The van der Waals surface area contributed by atoms with Crippen LogP contribution in [0.4, 0.5) is 10.1 Å².